The number of anilines is 2. The first-order chi connectivity index (χ1) is 18.9. The first-order valence-corrected chi connectivity index (χ1v) is 13.9. The predicted molar refractivity (Wildman–Crippen MR) is 147 cm³/mol. The van der Waals surface area contributed by atoms with Crippen molar-refractivity contribution < 1.29 is 29.0 Å². The molecule has 5 atom stereocenters. The summed E-state index contributed by atoms with van der Waals surface area (Å²) < 4.78 is 11.9. The number of ether oxygens (including phenoxy) is 2. The van der Waals surface area contributed by atoms with Gasteiger partial charge in [0.2, 0.25) is 17.7 Å². The molecule has 2 aromatic rings. The summed E-state index contributed by atoms with van der Waals surface area (Å²) in [6.45, 7) is 2.86. The van der Waals surface area contributed by atoms with Crippen molar-refractivity contribution in [2.45, 2.75) is 56.8 Å². The Bertz CT molecular complexity index is 1210. The lowest BCUT2D eigenvalue weighted by molar-refractivity contribution is -0.139. The average Bonchev–Trinajstić information content (AvgIpc) is 3.56. The molecule has 2 unspecified atom stereocenters. The van der Waals surface area contributed by atoms with Crippen molar-refractivity contribution in [3.05, 3.63) is 53.6 Å². The summed E-state index contributed by atoms with van der Waals surface area (Å²) in [5.41, 5.74) is 0.0914. The number of carbonyl (C=O) groups is 3. The highest BCUT2D eigenvalue weighted by Crippen LogP contribution is 2.58. The van der Waals surface area contributed by atoms with Crippen LogP contribution in [0.2, 0.25) is 5.02 Å². The SMILES string of the molecule is CCOc1ccc(NC(=O)[C@@H]2[C@H]3C(=O)N(CCCCCO)C(C(=O)Nc4ccc(Cl)cc4)C34CC[C@H]2O4)cc1. The normalized spacial score (nSPS) is 26.9. The van der Waals surface area contributed by atoms with E-state index in [9.17, 15) is 19.5 Å². The predicted octanol–water partition coefficient (Wildman–Crippen LogP) is 3.85. The lowest BCUT2D eigenvalue weighted by Gasteiger charge is -2.33. The van der Waals surface area contributed by atoms with E-state index in [1.807, 2.05) is 6.92 Å². The Morgan fingerprint density at radius 2 is 1.72 bits per heavy atom. The zero-order valence-electron chi connectivity index (χ0n) is 21.9. The Kier molecular flexibility index (Phi) is 8.11. The van der Waals surface area contributed by atoms with Gasteiger partial charge in [0, 0.05) is 29.5 Å². The number of carbonyl (C=O) groups excluding carboxylic acids is 3. The molecule has 0 radical (unpaired) electrons. The van der Waals surface area contributed by atoms with Gasteiger partial charge < -0.3 is 30.1 Å². The van der Waals surface area contributed by atoms with E-state index in [-0.39, 0.29) is 24.3 Å². The summed E-state index contributed by atoms with van der Waals surface area (Å²) >= 11 is 6.00. The van der Waals surface area contributed by atoms with Gasteiger partial charge in [-0.2, -0.15) is 0 Å². The number of aliphatic hydroxyl groups is 1. The van der Waals surface area contributed by atoms with E-state index in [1.165, 1.54) is 0 Å². The van der Waals surface area contributed by atoms with Crippen molar-refractivity contribution in [2.75, 3.05) is 30.4 Å². The van der Waals surface area contributed by atoms with Crippen LogP contribution in [0.5, 0.6) is 5.75 Å². The number of amides is 3. The van der Waals surface area contributed by atoms with Crippen LogP contribution in [-0.2, 0) is 19.1 Å². The minimum atomic E-state index is -1.07. The van der Waals surface area contributed by atoms with Crippen molar-refractivity contribution in [2.24, 2.45) is 11.8 Å². The molecule has 3 amide bonds. The van der Waals surface area contributed by atoms with Crippen LogP contribution in [-0.4, -0.2) is 65.2 Å². The quantitative estimate of drug-likeness (QED) is 0.363. The molecule has 1 spiro atoms. The van der Waals surface area contributed by atoms with Crippen molar-refractivity contribution in [3.63, 3.8) is 0 Å². The number of likely N-dealkylation sites (tertiary alicyclic amines) is 1. The second-order valence-electron chi connectivity index (χ2n) is 10.3. The maximum absolute atomic E-state index is 13.9. The Labute approximate surface area is 232 Å². The van der Waals surface area contributed by atoms with Crippen molar-refractivity contribution in [3.8, 4) is 5.75 Å². The second-order valence-corrected chi connectivity index (χ2v) is 10.8. The number of benzene rings is 2. The van der Waals surface area contributed by atoms with Crippen molar-refractivity contribution >= 4 is 40.7 Å². The van der Waals surface area contributed by atoms with Gasteiger partial charge >= 0.3 is 0 Å². The summed E-state index contributed by atoms with van der Waals surface area (Å²) in [6, 6.07) is 13.0. The highest BCUT2D eigenvalue weighted by Gasteiger charge is 2.74. The number of halogens is 1. The summed E-state index contributed by atoms with van der Waals surface area (Å²) in [6.07, 6.45) is 2.63. The molecule has 3 aliphatic rings. The fourth-order valence-electron chi connectivity index (χ4n) is 6.34. The number of hydrogen-bond acceptors (Lipinski definition) is 6. The van der Waals surface area contributed by atoms with Gasteiger partial charge in [-0.3, -0.25) is 14.4 Å². The fourth-order valence-corrected chi connectivity index (χ4v) is 6.46. The Hall–Kier alpha value is -3.14. The van der Waals surface area contributed by atoms with E-state index in [0.717, 1.165) is 0 Å². The third-order valence-corrected chi connectivity index (χ3v) is 8.20. The van der Waals surface area contributed by atoms with E-state index < -0.39 is 29.6 Å². The van der Waals surface area contributed by atoms with Gasteiger partial charge in [0.15, 0.2) is 0 Å². The topological polar surface area (TPSA) is 117 Å². The van der Waals surface area contributed by atoms with Crippen molar-refractivity contribution in [1.29, 1.82) is 0 Å². The van der Waals surface area contributed by atoms with Crippen LogP contribution in [0.15, 0.2) is 48.5 Å². The molecular weight excluding hydrogens is 522 g/mol. The number of fused-ring (bicyclic) bond motifs is 1. The van der Waals surface area contributed by atoms with Gasteiger partial charge in [0.1, 0.15) is 17.4 Å². The monoisotopic (exact) mass is 555 g/mol. The minimum absolute atomic E-state index is 0.0690. The molecule has 2 bridgehead atoms. The van der Waals surface area contributed by atoms with Gasteiger partial charge in [-0.05, 0) is 87.6 Å². The van der Waals surface area contributed by atoms with Crippen LogP contribution in [0, 0.1) is 11.8 Å². The minimum Gasteiger partial charge on any atom is -0.494 e. The molecule has 0 aliphatic carbocycles. The summed E-state index contributed by atoms with van der Waals surface area (Å²) in [4.78, 5) is 42.8. The van der Waals surface area contributed by atoms with Crippen LogP contribution in [0.4, 0.5) is 11.4 Å². The van der Waals surface area contributed by atoms with Crippen LogP contribution >= 0.6 is 11.6 Å². The van der Waals surface area contributed by atoms with Crippen LogP contribution < -0.4 is 15.4 Å². The van der Waals surface area contributed by atoms with Gasteiger partial charge in [-0.1, -0.05) is 11.6 Å². The molecular formula is C29H34ClN3O6. The Morgan fingerprint density at radius 1 is 1.05 bits per heavy atom. The standard InChI is InChI=1S/C29H34ClN3O6/c1-2-38-21-12-10-20(11-13-21)31-26(35)23-22-14-15-29(39-22)24(23)28(37)33(16-4-3-5-17-34)25(29)27(36)32-19-8-6-18(30)7-9-19/h6-13,22-25,34H,2-5,14-17H2,1H3,(H,31,35)(H,32,36)/t22-,23+,24+,25?,29?/m1/s1. The molecule has 39 heavy (non-hydrogen) atoms. The number of rotatable bonds is 11. The number of nitrogens with zero attached hydrogens (tertiary/aromatic N) is 1. The number of hydrogen-bond donors (Lipinski definition) is 3. The van der Waals surface area contributed by atoms with E-state index in [2.05, 4.69) is 10.6 Å². The van der Waals surface area contributed by atoms with Gasteiger partial charge in [0.05, 0.1) is 24.5 Å². The number of nitrogens with one attached hydrogen (secondary N) is 2. The molecule has 5 rings (SSSR count). The van der Waals surface area contributed by atoms with Crippen LogP contribution in [0.3, 0.4) is 0 Å². The number of unbranched alkanes of at least 4 members (excludes halogenated alkanes) is 2. The van der Waals surface area contributed by atoms with Crippen LogP contribution in [0.25, 0.3) is 0 Å². The highest BCUT2D eigenvalue weighted by molar-refractivity contribution is 6.30. The smallest absolute Gasteiger partial charge is 0.250 e. The molecule has 10 heteroatoms. The van der Waals surface area contributed by atoms with Gasteiger partial charge in [-0.15, -0.1) is 0 Å². The van der Waals surface area contributed by atoms with Crippen molar-refractivity contribution in [1.82, 2.24) is 4.90 Å². The molecule has 2 aromatic carbocycles. The summed E-state index contributed by atoms with van der Waals surface area (Å²) in [7, 11) is 0. The highest BCUT2D eigenvalue weighted by atomic mass is 35.5. The van der Waals surface area contributed by atoms with Gasteiger partial charge in [-0.25, -0.2) is 0 Å². The lowest BCUT2D eigenvalue weighted by Crippen LogP contribution is -2.53. The van der Waals surface area contributed by atoms with E-state index >= 15 is 0 Å². The van der Waals surface area contributed by atoms with Gasteiger partial charge in [0.25, 0.3) is 0 Å². The lowest BCUT2D eigenvalue weighted by atomic mass is 9.70. The van der Waals surface area contributed by atoms with E-state index in [1.54, 1.807) is 53.4 Å². The molecule has 0 saturated carbocycles. The fraction of sp³-hybridized carbons (Fsp3) is 0.483. The zero-order chi connectivity index (χ0) is 27.6. The molecule has 9 nitrogen and oxygen atoms in total. The van der Waals surface area contributed by atoms with E-state index in [0.29, 0.717) is 67.4 Å². The molecule has 3 fully saturated rings. The zero-order valence-corrected chi connectivity index (χ0v) is 22.7. The number of aliphatic hydroxyl groups excluding tert-OH is 1. The van der Waals surface area contributed by atoms with E-state index in [4.69, 9.17) is 21.1 Å². The average molecular weight is 556 g/mol. The first-order valence-electron chi connectivity index (χ1n) is 13.6. The summed E-state index contributed by atoms with van der Waals surface area (Å²) in [5, 5.41) is 15.6. The third kappa shape index (κ3) is 5.23. The maximum Gasteiger partial charge on any atom is 0.250 e. The molecule has 3 N–H and O–H groups in total. The second kappa shape index (κ2) is 11.5. The molecule has 3 saturated heterocycles. The van der Waals surface area contributed by atoms with Crippen LogP contribution in [0.1, 0.15) is 39.0 Å². The Morgan fingerprint density at radius 3 is 2.38 bits per heavy atom. The maximum atomic E-state index is 13.9. The molecule has 3 heterocycles. The first kappa shape index (κ1) is 27.4. The summed E-state index contributed by atoms with van der Waals surface area (Å²) in [5.74, 6) is -1.62. The Balaban J connectivity index is 1.39. The largest absolute Gasteiger partial charge is 0.494 e. The molecule has 3 aliphatic heterocycles. The third-order valence-electron chi connectivity index (χ3n) is 7.95. The molecule has 0 aromatic heterocycles. The molecule has 208 valence electrons.